The van der Waals surface area contributed by atoms with E-state index in [1.54, 1.807) is 11.7 Å². The van der Waals surface area contributed by atoms with E-state index in [0.29, 0.717) is 11.7 Å². The largest absolute Gasteiger partial charge is 0.366 e. The van der Waals surface area contributed by atoms with E-state index in [1.165, 1.54) is 0 Å². The molecule has 1 aromatic rings. The molecule has 0 unspecified atom stereocenters. The Balaban J connectivity index is 2.38. The van der Waals surface area contributed by atoms with Crippen LogP contribution in [-0.2, 0) is 13.6 Å². The number of rotatable bonds is 2. The number of hydrogen-bond acceptors (Lipinski definition) is 2. The van der Waals surface area contributed by atoms with Crippen LogP contribution in [0.1, 0.15) is 5.69 Å². The van der Waals surface area contributed by atoms with Gasteiger partial charge in [0, 0.05) is 20.3 Å². The van der Waals surface area contributed by atoms with Crippen LogP contribution in [-0.4, -0.2) is 21.9 Å². The minimum atomic E-state index is 0.639. The maximum absolute atomic E-state index is 4.90. The van der Waals surface area contributed by atoms with Gasteiger partial charge in [-0.3, -0.25) is 4.68 Å². The highest BCUT2D eigenvalue weighted by Crippen LogP contribution is 1.92. The monoisotopic (exact) mass is 184 g/mol. The van der Waals surface area contributed by atoms with Gasteiger partial charge in [0.2, 0.25) is 0 Å². The molecule has 0 aromatic carbocycles. The Bertz CT molecular complexity index is 268. The molecule has 0 aliphatic rings. The Hall–Kier alpha value is -1.10. The van der Waals surface area contributed by atoms with Crippen molar-refractivity contribution in [2.45, 2.75) is 6.54 Å². The number of hydrogen-bond donors (Lipinski definition) is 2. The fourth-order valence-corrected chi connectivity index (χ4v) is 0.889. The van der Waals surface area contributed by atoms with Crippen molar-refractivity contribution in [1.82, 2.24) is 20.4 Å². The minimum absolute atomic E-state index is 0.639. The third-order valence-corrected chi connectivity index (χ3v) is 1.77. The lowest BCUT2D eigenvalue weighted by molar-refractivity contribution is 0.729. The molecule has 0 amide bonds. The van der Waals surface area contributed by atoms with E-state index in [-0.39, 0.29) is 0 Å². The molecule has 0 aliphatic heterocycles. The SMILES string of the molecule is CNC(=S)NCc1ccn(C)n1. The van der Waals surface area contributed by atoms with Crippen molar-refractivity contribution in [3.63, 3.8) is 0 Å². The molecule has 0 atom stereocenters. The normalized spacial score (nSPS) is 9.50. The van der Waals surface area contributed by atoms with E-state index in [2.05, 4.69) is 15.7 Å². The summed E-state index contributed by atoms with van der Waals surface area (Å²) in [6.07, 6.45) is 1.90. The van der Waals surface area contributed by atoms with Crippen LogP contribution in [0, 0.1) is 0 Å². The first-order valence-corrected chi connectivity index (χ1v) is 4.07. The summed E-state index contributed by atoms with van der Waals surface area (Å²) in [7, 11) is 3.67. The van der Waals surface area contributed by atoms with Crippen molar-refractivity contribution < 1.29 is 0 Å². The average molecular weight is 184 g/mol. The van der Waals surface area contributed by atoms with Gasteiger partial charge >= 0.3 is 0 Å². The van der Waals surface area contributed by atoms with Crippen LogP contribution < -0.4 is 10.6 Å². The van der Waals surface area contributed by atoms with Crippen LogP contribution in [0.4, 0.5) is 0 Å². The van der Waals surface area contributed by atoms with Crippen LogP contribution in [0.3, 0.4) is 0 Å². The quantitative estimate of drug-likeness (QED) is 0.636. The third-order valence-electron chi connectivity index (χ3n) is 1.43. The van der Waals surface area contributed by atoms with Crippen molar-refractivity contribution in [3.8, 4) is 0 Å². The van der Waals surface area contributed by atoms with Crippen molar-refractivity contribution in [2.75, 3.05) is 7.05 Å². The molecule has 0 bridgehead atoms. The fraction of sp³-hybridized carbons (Fsp3) is 0.429. The minimum Gasteiger partial charge on any atom is -0.366 e. The molecule has 2 N–H and O–H groups in total. The second-order valence-electron chi connectivity index (χ2n) is 2.41. The van der Waals surface area contributed by atoms with E-state index in [0.717, 1.165) is 5.69 Å². The molecule has 5 heteroatoms. The van der Waals surface area contributed by atoms with E-state index in [1.807, 2.05) is 19.3 Å². The molecule has 0 fully saturated rings. The molecule has 0 saturated heterocycles. The highest BCUT2D eigenvalue weighted by molar-refractivity contribution is 7.80. The number of aromatic nitrogens is 2. The van der Waals surface area contributed by atoms with Gasteiger partial charge in [0.1, 0.15) is 0 Å². The smallest absolute Gasteiger partial charge is 0.166 e. The molecule has 0 saturated carbocycles. The lowest BCUT2D eigenvalue weighted by Gasteiger charge is -2.03. The van der Waals surface area contributed by atoms with Crippen molar-refractivity contribution in [3.05, 3.63) is 18.0 Å². The van der Waals surface area contributed by atoms with Gasteiger partial charge in [-0.25, -0.2) is 0 Å². The van der Waals surface area contributed by atoms with Gasteiger partial charge in [0.05, 0.1) is 12.2 Å². The average Bonchev–Trinajstić information content (AvgIpc) is 2.47. The third kappa shape index (κ3) is 2.50. The molecule has 66 valence electrons. The van der Waals surface area contributed by atoms with Gasteiger partial charge in [0.15, 0.2) is 5.11 Å². The van der Waals surface area contributed by atoms with Gasteiger partial charge in [-0.1, -0.05) is 0 Å². The maximum Gasteiger partial charge on any atom is 0.166 e. The summed E-state index contributed by atoms with van der Waals surface area (Å²) in [5, 5.41) is 10.7. The first-order chi connectivity index (χ1) is 5.72. The molecule has 1 rings (SSSR count). The fourth-order valence-electron chi connectivity index (χ4n) is 0.817. The number of aryl methyl sites for hydroxylation is 1. The topological polar surface area (TPSA) is 41.9 Å². The number of nitrogens with zero attached hydrogens (tertiary/aromatic N) is 2. The summed E-state index contributed by atoms with van der Waals surface area (Å²) in [4.78, 5) is 0. The summed E-state index contributed by atoms with van der Waals surface area (Å²) in [6.45, 7) is 0.667. The van der Waals surface area contributed by atoms with Crippen LogP contribution in [0.25, 0.3) is 0 Å². The Labute approximate surface area is 77.0 Å². The predicted molar refractivity (Wildman–Crippen MR) is 51.7 cm³/mol. The predicted octanol–water partition coefficient (Wildman–Crippen LogP) is 0.0140. The molecule has 1 aromatic heterocycles. The second-order valence-corrected chi connectivity index (χ2v) is 2.82. The van der Waals surface area contributed by atoms with Gasteiger partial charge in [-0.2, -0.15) is 5.10 Å². The van der Waals surface area contributed by atoms with E-state index >= 15 is 0 Å². The zero-order valence-corrected chi connectivity index (χ0v) is 7.98. The summed E-state index contributed by atoms with van der Waals surface area (Å²) in [5.74, 6) is 0. The van der Waals surface area contributed by atoms with E-state index in [4.69, 9.17) is 12.2 Å². The second kappa shape index (κ2) is 4.06. The Morgan fingerprint density at radius 2 is 2.50 bits per heavy atom. The van der Waals surface area contributed by atoms with Gasteiger partial charge in [-0.15, -0.1) is 0 Å². The van der Waals surface area contributed by atoms with Crippen LogP contribution in [0.2, 0.25) is 0 Å². The zero-order valence-electron chi connectivity index (χ0n) is 7.16. The number of thiocarbonyl (C=S) groups is 1. The summed E-state index contributed by atoms with van der Waals surface area (Å²) < 4.78 is 1.76. The molecule has 4 nitrogen and oxygen atoms in total. The van der Waals surface area contributed by atoms with Gasteiger partial charge in [-0.05, 0) is 18.3 Å². The van der Waals surface area contributed by atoms with Crippen LogP contribution in [0.5, 0.6) is 0 Å². The first kappa shape index (κ1) is 8.99. The van der Waals surface area contributed by atoms with Crippen molar-refractivity contribution >= 4 is 17.3 Å². The maximum atomic E-state index is 4.90. The lowest BCUT2D eigenvalue weighted by Crippen LogP contribution is -2.31. The first-order valence-electron chi connectivity index (χ1n) is 3.66. The Morgan fingerprint density at radius 1 is 1.75 bits per heavy atom. The highest BCUT2D eigenvalue weighted by Gasteiger charge is 1.96. The van der Waals surface area contributed by atoms with Gasteiger partial charge < -0.3 is 10.6 Å². The van der Waals surface area contributed by atoms with Crippen LogP contribution >= 0.6 is 12.2 Å². The summed E-state index contributed by atoms with van der Waals surface area (Å²) in [6, 6.07) is 1.95. The molecular weight excluding hydrogens is 172 g/mol. The molecule has 0 spiro atoms. The van der Waals surface area contributed by atoms with Crippen LogP contribution in [0.15, 0.2) is 12.3 Å². The Morgan fingerprint density at radius 3 is 3.00 bits per heavy atom. The lowest BCUT2D eigenvalue weighted by atomic mass is 10.4. The van der Waals surface area contributed by atoms with E-state index < -0.39 is 0 Å². The summed E-state index contributed by atoms with van der Waals surface area (Å²) >= 11 is 4.90. The molecule has 0 aliphatic carbocycles. The molecular formula is C7H12N4S. The molecule has 12 heavy (non-hydrogen) atoms. The summed E-state index contributed by atoms with van der Waals surface area (Å²) in [5.41, 5.74) is 0.982. The highest BCUT2D eigenvalue weighted by atomic mass is 32.1. The number of nitrogens with one attached hydrogen (secondary N) is 2. The standard InChI is InChI=1S/C7H12N4S/c1-8-7(12)9-5-6-3-4-11(2)10-6/h3-4H,5H2,1-2H3,(H2,8,9,12). The Kier molecular flexibility index (Phi) is 3.04. The van der Waals surface area contributed by atoms with Crippen molar-refractivity contribution in [1.29, 1.82) is 0 Å². The zero-order chi connectivity index (χ0) is 8.97. The van der Waals surface area contributed by atoms with E-state index in [9.17, 15) is 0 Å². The van der Waals surface area contributed by atoms with Crippen molar-refractivity contribution in [2.24, 2.45) is 7.05 Å². The molecule has 0 radical (unpaired) electrons. The molecule has 1 heterocycles. The van der Waals surface area contributed by atoms with Gasteiger partial charge in [0.25, 0.3) is 0 Å².